The zero-order valence-corrected chi connectivity index (χ0v) is 22.4. The highest BCUT2D eigenvalue weighted by molar-refractivity contribution is 6.05. The van der Waals surface area contributed by atoms with E-state index in [1.54, 1.807) is 57.2 Å². The van der Waals surface area contributed by atoms with Crippen LogP contribution in [0.3, 0.4) is 0 Å². The van der Waals surface area contributed by atoms with Crippen molar-refractivity contribution in [1.29, 1.82) is 0 Å². The molecule has 10 nitrogen and oxygen atoms in total. The number of benzene rings is 2. The van der Waals surface area contributed by atoms with Crippen LogP contribution in [-0.4, -0.2) is 49.9 Å². The second-order valence-corrected chi connectivity index (χ2v) is 8.84. The highest BCUT2D eigenvalue weighted by atomic mass is 16.6. The normalized spacial score (nSPS) is 10.8. The van der Waals surface area contributed by atoms with Gasteiger partial charge in [-0.1, -0.05) is 18.2 Å². The van der Waals surface area contributed by atoms with Crippen LogP contribution in [-0.2, 0) is 16.1 Å². The summed E-state index contributed by atoms with van der Waals surface area (Å²) in [6.07, 6.45) is -0.677. The van der Waals surface area contributed by atoms with E-state index in [4.69, 9.17) is 18.9 Å². The zero-order chi connectivity index (χ0) is 27.4. The highest BCUT2D eigenvalue weighted by Crippen LogP contribution is 2.39. The third kappa shape index (κ3) is 9.55. The van der Waals surface area contributed by atoms with Gasteiger partial charge in [-0.2, -0.15) is 0 Å². The Balaban J connectivity index is 2.12. The van der Waals surface area contributed by atoms with E-state index < -0.39 is 17.6 Å². The molecule has 0 aliphatic rings. The summed E-state index contributed by atoms with van der Waals surface area (Å²) in [4.78, 5) is 37.1. The van der Waals surface area contributed by atoms with Crippen molar-refractivity contribution in [2.75, 3.05) is 31.7 Å². The van der Waals surface area contributed by atoms with Crippen molar-refractivity contribution >= 4 is 23.6 Å². The fraction of sp³-hybridized carbons (Fsp3) is 0.444. The number of para-hydroxylation sites is 1. The van der Waals surface area contributed by atoms with Crippen molar-refractivity contribution in [3.63, 3.8) is 0 Å². The van der Waals surface area contributed by atoms with Crippen molar-refractivity contribution in [1.82, 2.24) is 10.6 Å². The molecule has 0 unspecified atom stereocenters. The quantitative estimate of drug-likeness (QED) is 0.385. The van der Waals surface area contributed by atoms with Gasteiger partial charge in [0.1, 0.15) is 12.1 Å². The molecule has 0 radical (unpaired) electrons. The van der Waals surface area contributed by atoms with Crippen LogP contribution in [0, 0.1) is 0 Å². The molecule has 0 aromatic heterocycles. The van der Waals surface area contributed by atoms with Crippen molar-refractivity contribution < 1.29 is 33.3 Å². The van der Waals surface area contributed by atoms with Gasteiger partial charge < -0.3 is 34.9 Å². The van der Waals surface area contributed by atoms with Crippen molar-refractivity contribution in [2.24, 2.45) is 0 Å². The fourth-order valence-corrected chi connectivity index (χ4v) is 3.23. The first kappa shape index (κ1) is 29.3. The second kappa shape index (κ2) is 14.0. The Hall–Kier alpha value is -3.95. The predicted molar refractivity (Wildman–Crippen MR) is 140 cm³/mol. The molecule has 2 rings (SSSR count). The summed E-state index contributed by atoms with van der Waals surface area (Å²) in [5, 5.41) is 8.02. The summed E-state index contributed by atoms with van der Waals surface area (Å²) < 4.78 is 22.2. The predicted octanol–water partition coefficient (Wildman–Crippen LogP) is 4.28. The molecular formula is C27H37N3O7. The number of rotatable bonds is 12. The number of alkyl carbamates (subject to hydrolysis) is 1. The van der Waals surface area contributed by atoms with Gasteiger partial charge in [0.15, 0.2) is 11.5 Å². The summed E-state index contributed by atoms with van der Waals surface area (Å²) in [6.45, 7) is 11.9. The van der Waals surface area contributed by atoms with E-state index in [0.29, 0.717) is 53.9 Å². The van der Waals surface area contributed by atoms with Crippen LogP contribution in [0.5, 0.6) is 17.2 Å². The molecule has 0 bridgehead atoms. The maximum atomic E-state index is 13.2. The van der Waals surface area contributed by atoms with E-state index in [9.17, 15) is 14.4 Å². The molecule has 0 saturated heterocycles. The molecule has 0 spiro atoms. The maximum Gasteiger partial charge on any atom is 0.408 e. The van der Waals surface area contributed by atoms with Gasteiger partial charge in [0.2, 0.25) is 11.7 Å². The summed E-state index contributed by atoms with van der Waals surface area (Å²) in [7, 11) is 0. The summed E-state index contributed by atoms with van der Waals surface area (Å²) in [5.41, 5.74) is 0.879. The van der Waals surface area contributed by atoms with Crippen LogP contribution < -0.4 is 30.2 Å². The Morgan fingerprint density at radius 1 is 0.838 bits per heavy atom. The van der Waals surface area contributed by atoms with E-state index in [1.807, 2.05) is 20.8 Å². The van der Waals surface area contributed by atoms with Crippen molar-refractivity contribution in [3.05, 3.63) is 47.5 Å². The highest BCUT2D eigenvalue weighted by Gasteiger charge is 2.20. The number of hydrogen-bond donors (Lipinski definition) is 3. The van der Waals surface area contributed by atoms with E-state index in [2.05, 4.69) is 16.0 Å². The molecule has 0 aliphatic carbocycles. The standard InChI is InChI=1S/C27H37N3O7/c1-7-34-21-14-19(15-22(35-8-2)24(21)36-9-3)25(32)30-20-13-11-10-12-18(20)16-28-23(31)17-29-26(33)37-27(4,5)6/h10-15H,7-9,16-17H2,1-6H3,(H,28,31)(H,29,33)(H,30,32). The molecule has 0 atom stereocenters. The first-order chi connectivity index (χ1) is 17.6. The number of nitrogens with one attached hydrogen (secondary N) is 3. The van der Waals surface area contributed by atoms with E-state index in [-0.39, 0.29) is 19.0 Å². The van der Waals surface area contributed by atoms with E-state index in [1.165, 1.54) is 0 Å². The third-order valence-corrected chi connectivity index (χ3v) is 4.71. The van der Waals surface area contributed by atoms with Crippen LogP contribution in [0.25, 0.3) is 0 Å². The molecule has 2 aromatic carbocycles. The lowest BCUT2D eigenvalue weighted by Crippen LogP contribution is -2.39. The van der Waals surface area contributed by atoms with Gasteiger partial charge in [0, 0.05) is 17.8 Å². The van der Waals surface area contributed by atoms with Crippen LogP contribution in [0.2, 0.25) is 0 Å². The molecule has 2 aromatic rings. The monoisotopic (exact) mass is 515 g/mol. The summed E-state index contributed by atoms with van der Waals surface area (Å²) in [6, 6.07) is 10.3. The summed E-state index contributed by atoms with van der Waals surface area (Å²) >= 11 is 0. The van der Waals surface area contributed by atoms with Gasteiger partial charge in [-0.25, -0.2) is 4.79 Å². The number of anilines is 1. The zero-order valence-electron chi connectivity index (χ0n) is 22.4. The van der Waals surface area contributed by atoms with Gasteiger partial charge in [-0.05, 0) is 65.3 Å². The average molecular weight is 516 g/mol. The molecular weight excluding hydrogens is 478 g/mol. The Kier molecular flexibility index (Phi) is 11.0. The number of ether oxygens (including phenoxy) is 4. The van der Waals surface area contributed by atoms with E-state index in [0.717, 1.165) is 0 Å². The van der Waals surface area contributed by atoms with Gasteiger partial charge in [-0.15, -0.1) is 0 Å². The van der Waals surface area contributed by atoms with Gasteiger partial charge in [0.05, 0.1) is 19.8 Å². The average Bonchev–Trinajstić information content (AvgIpc) is 2.83. The van der Waals surface area contributed by atoms with Gasteiger partial charge in [0.25, 0.3) is 5.91 Å². The number of amides is 3. The molecule has 0 heterocycles. The molecule has 3 amide bonds. The van der Waals surface area contributed by atoms with Crippen LogP contribution in [0.4, 0.5) is 10.5 Å². The molecule has 3 N–H and O–H groups in total. The minimum Gasteiger partial charge on any atom is -0.490 e. The van der Waals surface area contributed by atoms with Crippen molar-refractivity contribution in [2.45, 2.75) is 53.7 Å². The smallest absolute Gasteiger partial charge is 0.408 e. The first-order valence-electron chi connectivity index (χ1n) is 12.3. The Bertz CT molecular complexity index is 1050. The summed E-state index contributed by atoms with van der Waals surface area (Å²) in [5.74, 6) is 0.499. The third-order valence-electron chi connectivity index (χ3n) is 4.71. The number of carbonyl (C=O) groups excluding carboxylic acids is 3. The molecule has 0 saturated carbocycles. The van der Waals surface area contributed by atoms with Crippen molar-refractivity contribution in [3.8, 4) is 17.2 Å². The SMILES string of the molecule is CCOc1cc(C(=O)Nc2ccccc2CNC(=O)CNC(=O)OC(C)(C)C)cc(OCC)c1OCC. The molecule has 0 aliphatic heterocycles. The fourth-order valence-electron chi connectivity index (χ4n) is 3.23. The van der Waals surface area contributed by atoms with Crippen LogP contribution in [0.1, 0.15) is 57.5 Å². The Morgan fingerprint density at radius 2 is 1.43 bits per heavy atom. The van der Waals surface area contributed by atoms with Gasteiger partial charge in [-0.3, -0.25) is 9.59 Å². The largest absolute Gasteiger partial charge is 0.490 e. The van der Waals surface area contributed by atoms with Gasteiger partial charge >= 0.3 is 6.09 Å². The second-order valence-electron chi connectivity index (χ2n) is 8.84. The van der Waals surface area contributed by atoms with Crippen LogP contribution in [0.15, 0.2) is 36.4 Å². The van der Waals surface area contributed by atoms with Crippen LogP contribution >= 0.6 is 0 Å². The topological polar surface area (TPSA) is 124 Å². The Labute approximate surface area is 218 Å². The minimum absolute atomic E-state index is 0.142. The molecule has 37 heavy (non-hydrogen) atoms. The lowest BCUT2D eigenvalue weighted by Gasteiger charge is -2.19. The molecule has 202 valence electrons. The Morgan fingerprint density at radius 3 is 2.00 bits per heavy atom. The number of carbonyl (C=O) groups is 3. The molecule has 10 heteroatoms. The molecule has 0 fully saturated rings. The lowest BCUT2D eigenvalue weighted by atomic mass is 10.1. The first-order valence-corrected chi connectivity index (χ1v) is 12.3. The lowest BCUT2D eigenvalue weighted by molar-refractivity contribution is -0.120. The van der Waals surface area contributed by atoms with E-state index >= 15 is 0 Å². The minimum atomic E-state index is -0.677. The number of hydrogen-bond acceptors (Lipinski definition) is 7. The maximum absolute atomic E-state index is 13.2.